The minimum absolute atomic E-state index is 0.180. The first-order valence-corrected chi connectivity index (χ1v) is 8.41. The van der Waals surface area contributed by atoms with Crippen molar-refractivity contribution in [1.29, 1.82) is 0 Å². The molecule has 0 spiro atoms. The lowest BCUT2D eigenvalue weighted by Gasteiger charge is -2.11. The number of hydrogen-bond acceptors (Lipinski definition) is 3. The number of benzene rings is 1. The van der Waals surface area contributed by atoms with Gasteiger partial charge in [0.25, 0.3) is 0 Å². The van der Waals surface area contributed by atoms with Crippen molar-refractivity contribution in [3.05, 3.63) is 35.8 Å². The van der Waals surface area contributed by atoms with Crippen LogP contribution in [0.5, 0.6) is 0 Å². The lowest BCUT2D eigenvalue weighted by Crippen LogP contribution is -2.38. The maximum absolute atomic E-state index is 13.2. The molecular weight excluding hydrogens is 323 g/mol. The number of hydrogen-bond donors (Lipinski definition) is 3. The normalized spacial score (nSPS) is 11.6. The van der Waals surface area contributed by atoms with Gasteiger partial charge in [0.2, 0.25) is 0 Å². The number of carbonyl (C=O) groups excluding carboxylic acids is 1. The van der Waals surface area contributed by atoms with Crippen LogP contribution in [0.15, 0.2) is 29.4 Å². The molecule has 0 amide bonds. The van der Waals surface area contributed by atoms with Gasteiger partial charge in [-0.15, -0.1) is 0 Å². The molecule has 6 nitrogen and oxygen atoms in total. The van der Waals surface area contributed by atoms with Crippen molar-refractivity contribution in [2.45, 2.75) is 25.7 Å². The van der Waals surface area contributed by atoms with Gasteiger partial charge in [0.1, 0.15) is 5.82 Å². The Labute approximate surface area is 146 Å². The number of H-pyrrole nitrogens is 1. The van der Waals surface area contributed by atoms with Gasteiger partial charge in [-0.25, -0.2) is 4.39 Å². The zero-order chi connectivity index (χ0) is 18.1. The van der Waals surface area contributed by atoms with Crippen molar-refractivity contribution in [3.8, 4) is 0 Å². The summed E-state index contributed by atoms with van der Waals surface area (Å²) in [7, 11) is 3.12. The Morgan fingerprint density at radius 3 is 2.84 bits per heavy atom. The third-order valence-electron chi connectivity index (χ3n) is 3.97. The van der Waals surface area contributed by atoms with Gasteiger partial charge in [0.05, 0.1) is 7.11 Å². The van der Waals surface area contributed by atoms with Crippen LogP contribution in [-0.2, 0) is 16.0 Å². The number of guanidine groups is 1. The summed E-state index contributed by atoms with van der Waals surface area (Å²) in [6, 6.07) is 4.77. The van der Waals surface area contributed by atoms with Gasteiger partial charge in [-0.05, 0) is 43.0 Å². The monoisotopic (exact) mass is 348 g/mol. The van der Waals surface area contributed by atoms with E-state index in [2.05, 4.69) is 25.3 Å². The quantitative estimate of drug-likeness (QED) is 0.296. The number of unbranched alkanes of at least 4 members (excludes halogenated alkanes) is 1. The van der Waals surface area contributed by atoms with E-state index in [9.17, 15) is 9.18 Å². The second-order valence-electron chi connectivity index (χ2n) is 5.71. The standard InChI is InChI=1S/C18H25FN4O2/c1-20-18(21-9-4-3-5-17(24)25-2)22-10-8-13-12-23-16-11-14(19)6-7-15(13)16/h6-7,11-12,23H,3-5,8-10H2,1-2H3,(H2,20,21,22). The average Bonchev–Trinajstić information content (AvgIpc) is 3.01. The molecule has 0 radical (unpaired) electrons. The van der Waals surface area contributed by atoms with Crippen LogP contribution in [0.3, 0.4) is 0 Å². The number of esters is 1. The minimum atomic E-state index is -0.240. The fraction of sp³-hybridized carbons (Fsp3) is 0.444. The van der Waals surface area contributed by atoms with Gasteiger partial charge in [-0.3, -0.25) is 9.79 Å². The van der Waals surface area contributed by atoms with E-state index in [1.165, 1.54) is 19.2 Å². The topological polar surface area (TPSA) is 78.5 Å². The van der Waals surface area contributed by atoms with E-state index >= 15 is 0 Å². The summed E-state index contributed by atoms with van der Waals surface area (Å²) in [5.74, 6) is 0.306. The molecule has 0 aliphatic heterocycles. The first-order chi connectivity index (χ1) is 12.1. The number of carbonyl (C=O) groups is 1. The molecule has 1 aromatic carbocycles. The van der Waals surface area contributed by atoms with E-state index in [-0.39, 0.29) is 11.8 Å². The Balaban J connectivity index is 1.71. The SMILES string of the molecule is CN=C(NCCCCC(=O)OC)NCCc1c[nH]c2cc(F)ccc12. The summed E-state index contributed by atoms with van der Waals surface area (Å²) in [6.07, 6.45) is 4.79. The van der Waals surface area contributed by atoms with E-state index in [0.29, 0.717) is 13.0 Å². The predicted molar refractivity (Wildman–Crippen MR) is 97.2 cm³/mol. The van der Waals surface area contributed by atoms with Crippen LogP contribution in [-0.4, -0.2) is 44.2 Å². The van der Waals surface area contributed by atoms with Crippen molar-refractivity contribution in [3.63, 3.8) is 0 Å². The number of methoxy groups -OCH3 is 1. The summed E-state index contributed by atoms with van der Waals surface area (Å²) < 4.78 is 17.8. The smallest absolute Gasteiger partial charge is 0.305 e. The van der Waals surface area contributed by atoms with Gasteiger partial charge in [-0.1, -0.05) is 0 Å². The molecule has 0 aliphatic rings. The van der Waals surface area contributed by atoms with Crippen molar-refractivity contribution in [1.82, 2.24) is 15.6 Å². The van der Waals surface area contributed by atoms with Crippen molar-refractivity contribution >= 4 is 22.8 Å². The molecule has 0 saturated heterocycles. The summed E-state index contributed by atoms with van der Waals surface area (Å²) in [5, 5.41) is 7.51. The number of fused-ring (bicyclic) bond motifs is 1. The fourth-order valence-electron chi connectivity index (χ4n) is 2.60. The molecular formula is C18H25FN4O2. The van der Waals surface area contributed by atoms with Crippen molar-refractivity contribution in [2.24, 2.45) is 4.99 Å². The molecule has 2 aromatic rings. The molecule has 7 heteroatoms. The highest BCUT2D eigenvalue weighted by Crippen LogP contribution is 2.19. The minimum Gasteiger partial charge on any atom is -0.469 e. The van der Waals surface area contributed by atoms with Crippen LogP contribution in [0, 0.1) is 5.82 Å². The molecule has 136 valence electrons. The van der Waals surface area contributed by atoms with E-state index in [1.807, 2.05) is 6.20 Å². The number of halogens is 1. The Morgan fingerprint density at radius 2 is 2.08 bits per heavy atom. The number of ether oxygens (including phenoxy) is 1. The summed E-state index contributed by atoms with van der Waals surface area (Å²) in [5.41, 5.74) is 1.94. The number of nitrogens with zero attached hydrogens (tertiary/aromatic N) is 1. The maximum atomic E-state index is 13.2. The molecule has 0 saturated carbocycles. The Morgan fingerprint density at radius 1 is 1.28 bits per heavy atom. The van der Waals surface area contributed by atoms with Crippen LogP contribution in [0.4, 0.5) is 4.39 Å². The number of rotatable bonds is 8. The number of aromatic amines is 1. The van der Waals surface area contributed by atoms with E-state index in [1.54, 1.807) is 13.1 Å². The van der Waals surface area contributed by atoms with Crippen molar-refractivity contribution in [2.75, 3.05) is 27.2 Å². The van der Waals surface area contributed by atoms with Gasteiger partial charge in [0, 0.05) is 43.7 Å². The molecule has 0 aliphatic carbocycles. The van der Waals surface area contributed by atoms with Crippen LogP contribution in [0.1, 0.15) is 24.8 Å². The highest BCUT2D eigenvalue weighted by molar-refractivity contribution is 5.83. The van der Waals surface area contributed by atoms with Crippen molar-refractivity contribution < 1.29 is 13.9 Å². The maximum Gasteiger partial charge on any atom is 0.305 e. The third-order valence-corrected chi connectivity index (χ3v) is 3.97. The Kier molecular flexibility index (Phi) is 7.25. The molecule has 0 fully saturated rings. The summed E-state index contributed by atoms with van der Waals surface area (Å²) in [4.78, 5) is 18.3. The molecule has 25 heavy (non-hydrogen) atoms. The lowest BCUT2D eigenvalue weighted by molar-refractivity contribution is -0.140. The molecule has 0 atom stereocenters. The highest BCUT2D eigenvalue weighted by atomic mass is 19.1. The first kappa shape index (κ1) is 18.8. The van der Waals surface area contributed by atoms with E-state index in [0.717, 1.165) is 48.2 Å². The predicted octanol–water partition coefficient (Wildman–Crippen LogP) is 2.36. The van der Waals surface area contributed by atoms with Gasteiger partial charge in [-0.2, -0.15) is 0 Å². The zero-order valence-electron chi connectivity index (χ0n) is 14.7. The fourth-order valence-corrected chi connectivity index (χ4v) is 2.60. The second kappa shape index (κ2) is 9.66. The molecule has 1 aromatic heterocycles. The number of aliphatic imine (C=N–C) groups is 1. The Bertz CT molecular complexity index is 727. The van der Waals surface area contributed by atoms with Gasteiger partial charge in [0.15, 0.2) is 5.96 Å². The van der Waals surface area contributed by atoms with E-state index in [4.69, 9.17) is 0 Å². The molecule has 1 heterocycles. The summed E-state index contributed by atoms with van der Waals surface area (Å²) >= 11 is 0. The lowest BCUT2D eigenvalue weighted by atomic mass is 10.1. The largest absolute Gasteiger partial charge is 0.469 e. The van der Waals surface area contributed by atoms with Crippen LogP contribution < -0.4 is 10.6 Å². The number of aromatic nitrogens is 1. The first-order valence-electron chi connectivity index (χ1n) is 8.41. The van der Waals surface area contributed by atoms with Crippen LogP contribution in [0.2, 0.25) is 0 Å². The van der Waals surface area contributed by atoms with E-state index < -0.39 is 0 Å². The zero-order valence-corrected chi connectivity index (χ0v) is 14.7. The van der Waals surface area contributed by atoms with Crippen LogP contribution in [0.25, 0.3) is 10.9 Å². The van der Waals surface area contributed by atoms with Gasteiger partial charge >= 0.3 is 5.97 Å². The average molecular weight is 348 g/mol. The molecule has 0 bridgehead atoms. The Hall–Kier alpha value is -2.57. The molecule has 2 rings (SSSR count). The second-order valence-corrected chi connectivity index (χ2v) is 5.71. The third kappa shape index (κ3) is 5.77. The van der Waals surface area contributed by atoms with Crippen LogP contribution >= 0.6 is 0 Å². The number of nitrogens with one attached hydrogen (secondary N) is 3. The molecule has 0 unspecified atom stereocenters. The highest BCUT2D eigenvalue weighted by Gasteiger charge is 2.05. The van der Waals surface area contributed by atoms with Gasteiger partial charge < -0.3 is 20.4 Å². The molecule has 3 N–H and O–H groups in total. The summed E-state index contributed by atoms with van der Waals surface area (Å²) in [6.45, 7) is 1.45.